The molecular formula is C36H29S+. The summed E-state index contributed by atoms with van der Waals surface area (Å²) >= 11 is 0. The first-order valence-electron chi connectivity index (χ1n) is 12.7. The molecule has 0 N–H and O–H groups in total. The lowest BCUT2D eigenvalue weighted by Gasteiger charge is -2.26. The lowest BCUT2D eigenvalue weighted by Crippen LogP contribution is -2.14. The highest BCUT2D eigenvalue weighted by Gasteiger charge is 2.34. The number of allylic oxidation sites excluding steroid dienone is 2. The second-order valence-corrected chi connectivity index (χ2v) is 11.3. The van der Waals surface area contributed by atoms with E-state index in [1.807, 2.05) is 0 Å². The molecule has 0 aliphatic carbocycles. The SMILES string of the molecule is C[S+]1Cc2ccccc2/C(c2ccccc2)=C(c2ccccc2)\C(c2ccccc2)=C/1c1ccccc1. The predicted octanol–water partition coefficient (Wildman–Crippen LogP) is 8.98. The van der Waals surface area contributed by atoms with Gasteiger partial charge in [-0.25, -0.2) is 0 Å². The smallest absolute Gasteiger partial charge is 0.0622 e. The summed E-state index contributed by atoms with van der Waals surface area (Å²) in [5.74, 6) is 1.01. The number of hydrogen-bond acceptors (Lipinski definition) is 0. The van der Waals surface area contributed by atoms with E-state index in [1.165, 1.54) is 55.0 Å². The van der Waals surface area contributed by atoms with Crippen LogP contribution in [0, 0.1) is 0 Å². The minimum absolute atomic E-state index is 0.0197. The summed E-state index contributed by atoms with van der Waals surface area (Å²) in [5.41, 5.74) is 11.7. The fraction of sp³-hybridized carbons (Fsp3) is 0.0556. The number of hydrogen-bond donors (Lipinski definition) is 0. The molecule has 37 heavy (non-hydrogen) atoms. The minimum Gasteiger partial charge on any atom is -0.0622 e. The molecule has 178 valence electrons. The van der Waals surface area contributed by atoms with Crippen molar-refractivity contribution in [2.45, 2.75) is 5.75 Å². The van der Waals surface area contributed by atoms with Gasteiger partial charge in [0, 0.05) is 33.2 Å². The summed E-state index contributed by atoms with van der Waals surface area (Å²) in [6.45, 7) is 0. The third-order valence-corrected chi connectivity index (χ3v) is 8.84. The minimum atomic E-state index is -0.0197. The second kappa shape index (κ2) is 10.5. The second-order valence-electron chi connectivity index (χ2n) is 9.36. The highest BCUT2D eigenvalue weighted by Crippen LogP contribution is 2.48. The predicted molar refractivity (Wildman–Crippen MR) is 162 cm³/mol. The van der Waals surface area contributed by atoms with Crippen molar-refractivity contribution in [1.82, 2.24) is 0 Å². The van der Waals surface area contributed by atoms with E-state index in [0.717, 1.165) is 5.75 Å². The van der Waals surface area contributed by atoms with E-state index in [9.17, 15) is 0 Å². The molecule has 1 unspecified atom stereocenters. The van der Waals surface area contributed by atoms with Gasteiger partial charge in [0.05, 0.1) is 0 Å². The molecule has 0 bridgehead atoms. The maximum Gasteiger partial charge on any atom is 0.170 e. The number of benzene rings is 5. The van der Waals surface area contributed by atoms with Crippen molar-refractivity contribution in [1.29, 1.82) is 0 Å². The molecule has 0 amide bonds. The van der Waals surface area contributed by atoms with E-state index in [0.29, 0.717) is 0 Å². The van der Waals surface area contributed by atoms with Gasteiger partial charge in [0.25, 0.3) is 0 Å². The van der Waals surface area contributed by atoms with Gasteiger partial charge in [0.1, 0.15) is 12.0 Å². The molecular weight excluding hydrogens is 464 g/mol. The summed E-state index contributed by atoms with van der Waals surface area (Å²) < 4.78 is 0. The summed E-state index contributed by atoms with van der Waals surface area (Å²) in [5, 5.41) is 0. The van der Waals surface area contributed by atoms with E-state index in [-0.39, 0.29) is 10.9 Å². The zero-order valence-corrected chi connectivity index (χ0v) is 21.8. The lowest BCUT2D eigenvalue weighted by molar-refractivity contribution is 1.36. The van der Waals surface area contributed by atoms with Crippen LogP contribution in [0.1, 0.15) is 33.4 Å². The van der Waals surface area contributed by atoms with Crippen LogP contribution in [0.3, 0.4) is 0 Å². The molecule has 1 aliphatic rings. The number of rotatable bonds is 4. The van der Waals surface area contributed by atoms with Gasteiger partial charge >= 0.3 is 0 Å². The van der Waals surface area contributed by atoms with E-state index >= 15 is 0 Å². The Morgan fingerprint density at radius 3 is 1.35 bits per heavy atom. The van der Waals surface area contributed by atoms with E-state index in [2.05, 4.69) is 152 Å². The van der Waals surface area contributed by atoms with Crippen LogP contribution in [0.15, 0.2) is 146 Å². The molecule has 1 heterocycles. The molecule has 0 nitrogen and oxygen atoms in total. The Morgan fingerprint density at radius 2 is 0.811 bits per heavy atom. The molecule has 6 rings (SSSR count). The van der Waals surface area contributed by atoms with Gasteiger partial charge in [0.2, 0.25) is 0 Å². The fourth-order valence-electron chi connectivity index (χ4n) is 5.36. The van der Waals surface area contributed by atoms with E-state index in [1.54, 1.807) is 0 Å². The van der Waals surface area contributed by atoms with E-state index in [4.69, 9.17) is 0 Å². The van der Waals surface area contributed by atoms with Crippen molar-refractivity contribution < 1.29 is 0 Å². The molecule has 0 fully saturated rings. The Kier molecular flexibility index (Phi) is 6.62. The molecule has 0 spiro atoms. The fourth-order valence-corrected chi connectivity index (χ4v) is 7.33. The Morgan fingerprint density at radius 1 is 0.405 bits per heavy atom. The molecule has 0 saturated carbocycles. The van der Waals surface area contributed by atoms with Gasteiger partial charge in [-0.1, -0.05) is 133 Å². The van der Waals surface area contributed by atoms with Crippen LogP contribution < -0.4 is 0 Å². The average molecular weight is 494 g/mol. The third kappa shape index (κ3) is 4.59. The van der Waals surface area contributed by atoms with E-state index < -0.39 is 0 Å². The highest BCUT2D eigenvalue weighted by atomic mass is 32.2. The van der Waals surface area contributed by atoms with Gasteiger partial charge in [-0.05, 0) is 40.0 Å². The molecule has 5 aromatic rings. The largest absolute Gasteiger partial charge is 0.170 e. The third-order valence-electron chi connectivity index (χ3n) is 6.96. The first-order valence-corrected chi connectivity index (χ1v) is 14.5. The average Bonchev–Trinajstić information content (AvgIpc) is 2.96. The van der Waals surface area contributed by atoms with Crippen LogP contribution in [0.25, 0.3) is 21.6 Å². The normalized spacial score (nSPS) is 19.5. The summed E-state index contributed by atoms with van der Waals surface area (Å²) in [7, 11) is -0.0197. The monoisotopic (exact) mass is 493 g/mol. The quantitative estimate of drug-likeness (QED) is 0.219. The Balaban J connectivity index is 1.85. The van der Waals surface area contributed by atoms with Gasteiger partial charge in [0.15, 0.2) is 4.91 Å². The first-order chi connectivity index (χ1) is 18.3. The lowest BCUT2D eigenvalue weighted by atomic mass is 9.81. The molecule has 1 atom stereocenters. The summed E-state index contributed by atoms with van der Waals surface area (Å²) in [4.78, 5) is 1.42. The van der Waals surface area contributed by atoms with Crippen molar-refractivity contribution in [3.8, 4) is 0 Å². The number of fused-ring (bicyclic) bond motifs is 1. The molecule has 0 aromatic heterocycles. The summed E-state index contributed by atoms with van der Waals surface area (Å²) in [6, 6.07) is 52.9. The molecule has 0 saturated heterocycles. The molecule has 1 aliphatic heterocycles. The van der Waals surface area contributed by atoms with Crippen molar-refractivity contribution in [2.24, 2.45) is 0 Å². The van der Waals surface area contributed by atoms with Crippen LogP contribution in [-0.4, -0.2) is 6.26 Å². The van der Waals surface area contributed by atoms with Gasteiger partial charge in [-0.2, -0.15) is 0 Å². The standard InChI is InChI=1S/C36H29S/c1-37-26-31-24-14-15-25-32(31)33(27-16-6-2-7-17-27)34(28-18-8-3-9-19-28)35(29-20-10-4-11-21-29)36(37)30-22-12-5-13-23-30/h2-25H,26H2,1H3/q+1/b34-33-,36-35-. The van der Waals surface area contributed by atoms with Gasteiger partial charge in [-0.3, -0.25) is 0 Å². The topological polar surface area (TPSA) is 0 Å². The van der Waals surface area contributed by atoms with Crippen LogP contribution in [0.2, 0.25) is 0 Å². The zero-order valence-electron chi connectivity index (χ0n) is 21.0. The van der Waals surface area contributed by atoms with Crippen molar-refractivity contribution in [3.63, 3.8) is 0 Å². The Labute approximate surface area is 223 Å². The first kappa shape index (κ1) is 23.3. The van der Waals surface area contributed by atoms with Gasteiger partial charge < -0.3 is 0 Å². The highest BCUT2D eigenvalue weighted by molar-refractivity contribution is 8.04. The van der Waals surface area contributed by atoms with Crippen LogP contribution in [-0.2, 0) is 16.6 Å². The zero-order chi connectivity index (χ0) is 25.0. The van der Waals surface area contributed by atoms with Crippen LogP contribution in [0.4, 0.5) is 0 Å². The molecule has 5 aromatic carbocycles. The van der Waals surface area contributed by atoms with Crippen molar-refractivity contribution >= 4 is 32.5 Å². The maximum absolute atomic E-state index is 2.41. The maximum atomic E-state index is 2.41. The Bertz CT molecular complexity index is 1560. The van der Waals surface area contributed by atoms with Crippen molar-refractivity contribution in [3.05, 3.63) is 179 Å². The molecule has 0 radical (unpaired) electrons. The van der Waals surface area contributed by atoms with Crippen molar-refractivity contribution in [2.75, 3.05) is 6.26 Å². The van der Waals surface area contributed by atoms with Crippen LogP contribution in [0.5, 0.6) is 0 Å². The Hall–Kier alpha value is -4.07. The van der Waals surface area contributed by atoms with Gasteiger partial charge in [-0.15, -0.1) is 0 Å². The van der Waals surface area contributed by atoms with Crippen LogP contribution >= 0.6 is 0 Å². The molecule has 1 heteroatoms. The summed E-state index contributed by atoms with van der Waals surface area (Å²) in [6.07, 6.45) is 2.41.